The van der Waals surface area contributed by atoms with Crippen LogP contribution in [0.5, 0.6) is 0 Å². The molecular formula is C26H23FN4O2S. The highest BCUT2D eigenvalue weighted by molar-refractivity contribution is 7.99. The molecule has 0 spiro atoms. The van der Waals surface area contributed by atoms with Crippen molar-refractivity contribution in [3.8, 4) is 5.69 Å². The van der Waals surface area contributed by atoms with Crippen molar-refractivity contribution in [2.75, 3.05) is 11.1 Å². The summed E-state index contributed by atoms with van der Waals surface area (Å²) in [4.78, 5) is 29.4. The van der Waals surface area contributed by atoms with Crippen LogP contribution >= 0.6 is 11.8 Å². The second-order valence-electron chi connectivity index (χ2n) is 7.59. The van der Waals surface area contributed by atoms with Gasteiger partial charge in [-0.2, -0.15) is 0 Å². The number of anilines is 1. The van der Waals surface area contributed by atoms with Gasteiger partial charge in [-0.15, -0.1) is 0 Å². The monoisotopic (exact) mass is 474 g/mol. The van der Waals surface area contributed by atoms with Crippen LogP contribution in [0, 0.1) is 12.7 Å². The number of thioether (sulfide) groups is 1. The van der Waals surface area contributed by atoms with E-state index in [1.165, 1.54) is 23.9 Å². The summed E-state index contributed by atoms with van der Waals surface area (Å²) in [5.74, 6) is -0.478. The minimum atomic E-state index is -0.315. The standard InChI is InChI=1S/C26H23FN4O2S/c1-18-5-2-3-8-23(18)30-24(32)17-34-26-28-13-14-31(26)22-7-4-6-20(15-22)25(33)29-16-19-9-11-21(27)12-10-19/h2-15H,16-17H2,1H3,(H,29,33)(H,30,32). The van der Waals surface area contributed by atoms with Crippen LogP contribution in [-0.4, -0.2) is 27.1 Å². The second kappa shape index (κ2) is 10.8. The normalized spacial score (nSPS) is 10.6. The van der Waals surface area contributed by atoms with Gasteiger partial charge >= 0.3 is 0 Å². The third-order valence-corrected chi connectivity index (χ3v) is 6.08. The number of carbonyl (C=O) groups is 2. The number of imidazole rings is 1. The van der Waals surface area contributed by atoms with Crippen LogP contribution in [0.1, 0.15) is 21.5 Å². The number of aromatic nitrogens is 2. The van der Waals surface area contributed by atoms with E-state index in [1.807, 2.05) is 41.8 Å². The number of benzene rings is 3. The summed E-state index contributed by atoms with van der Waals surface area (Å²) in [5, 5.41) is 6.40. The summed E-state index contributed by atoms with van der Waals surface area (Å²) in [6.45, 7) is 2.24. The quantitative estimate of drug-likeness (QED) is 0.353. The van der Waals surface area contributed by atoms with Crippen molar-refractivity contribution in [3.63, 3.8) is 0 Å². The summed E-state index contributed by atoms with van der Waals surface area (Å²) in [7, 11) is 0. The third kappa shape index (κ3) is 5.90. The first kappa shape index (κ1) is 23.3. The molecule has 1 heterocycles. The van der Waals surface area contributed by atoms with E-state index in [-0.39, 0.29) is 23.4 Å². The van der Waals surface area contributed by atoms with Gasteiger partial charge in [0.15, 0.2) is 5.16 Å². The van der Waals surface area contributed by atoms with E-state index >= 15 is 0 Å². The Morgan fingerprint density at radius 2 is 1.82 bits per heavy atom. The average molecular weight is 475 g/mol. The molecule has 0 saturated heterocycles. The van der Waals surface area contributed by atoms with Crippen molar-refractivity contribution in [1.82, 2.24) is 14.9 Å². The molecule has 172 valence electrons. The molecule has 8 heteroatoms. The molecule has 0 atom stereocenters. The second-order valence-corrected chi connectivity index (χ2v) is 8.53. The van der Waals surface area contributed by atoms with Crippen LogP contribution in [0.15, 0.2) is 90.3 Å². The third-order valence-electron chi connectivity index (χ3n) is 5.11. The summed E-state index contributed by atoms with van der Waals surface area (Å²) in [5.41, 5.74) is 3.84. The van der Waals surface area contributed by atoms with Gasteiger partial charge in [0.1, 0.15) is 5.82 Å². The number of halogens is 1. The number of aryl methyl sites for hydroxylation is 1. The molecule has 1 aromatic heterocycles. The highest BCUT2D eigenvalue weighted by Crippen LogP contribution is 2.22. The maximum atomic E-state index is 13.1. The maximum Gasteiger partial charge on any atom is 0.251 e. The predicted molar refractivity (Wildman–Crippen MR) is 132 cm³/mol. The number of carbonyl (C=O) groups excluding carboxylic acids is 2. The number of amides is 2. The molecule has 34 heavy (non-hydrogen) atoms. The number of para-hydroxylation sites is 1. The van der Waals surface area contributed by atoms with Crippen molar-refractivity contribution < 1.29 is 14.0 Å². The molecule has 0 unspecified atom stereocenters. The molecule has 0 aliphatic carbocycles. The molecule has 0 aliphatic rings. The van der Waals surface area contributed by atoms with E-state index in [0.29, 0.717) is 17.3 Å². The fourth-order valence-corrected chi connectivity index (χ4v) is 4.08. The van der Waals surface area contributed by atoms with Gasteiger partial charge in [0.2, 0.25) is 5.91 Å². The first-order chi connectivity index (χ1) is 16.5. The minimum absolute atomic E-state index is 0.122. The molecule has 0 radical (unpaired) electrons. The lowest BCUT2D eigenvalue weighted by atomic mass is 10.1. The fourth-order valence-electron chi connectivity index (χ4n) is 3.31. The summed E-state index contributed by atoms with van der Waals surface area (Å²) in [6.07, 6.45) is 3.44. The fraction of sp³-hybridized carbons (Fsp3) is 0.115. The van der Waals surface area contributed by atoms with Gasteiger partial charge in [0, 0.05) is 35.9 Å². The molecule has 0 fully saturated rings. The van der Waals surface area contributed by atoms with E-state index in [4.69, 9.17) is 0 Å². The molecule has 0 aliphatic heterocycles. The highest BCUT2D eigenvalue weighted by atomic mass is 32.2. The zero-order chi connectivity index (χ0) is 23.9. The van der Waals surface area contributed by atoms with Crippen molar-refractivity contribution in [2.24, 2.45) is 0 Å². The van der Waals surface area contributed by atoms with Crippen LogP contribution in [0.2, 0.25) is 0 Å². The number of nitrogens with zero attached hydrogens (tertiary/aromatic N) is 2. The number of rotatable bonds is 8. The average Bonchev–Trinajstić information content (AvgIpc) is 3.32. The maximum absolute atomic E-state index is 13.1. The largest absolute Gasteiger partial charge is 0.348 e. The molecule has 6 nitrogen and oxygen atoms in total. The Kier molecular flexibility index (Phi) is 7.39. The van der Waals surface area contributed by atoms with Crippen LogP contribution < -0.4 is 10.6 Å². The first-order valence-corrected chi connectivity index (χ1v) is 11.6. The first-order valence-electron chi connectivity index (χ1n) is 10.6. The summed E-state index contributed by atoms with van der Waals surface area (Å²) in [6, 6.07) is 20.8. The molecular weight excluding hydrogens is 451 g/mol. The SMILES string of the molecule is Cc1ccccc1NC(=O)CSc1nccn1-c1cccc(C(=O)NCc2ccc(F)cc2)c1. The van der Waals surface area contributed by atoms with Gasteiger partial charge in [-0.05, 0) is 54.4 Å². The lowest BCUT2D eigenvalue weighted by Crippen LogP contribution is -2.22. The zero-order valence-corrected chi connectivity index (χ0v) is 19.3. The summed E-state index contributed by atoms with van der Waals surface area (Å²) < 4.78 is 14.9. The number of nitrogens with one attached hydrogen (secondary N) is 2. The summed E-state index contributed by atoms with van der Waals surface area (Å²) >= 11 is 1.31. The van der Waals surface area contributed by atoms with Crippen LogP contribution in [0.25, 0.3) is 5.69 Å². The van der Waals surface area contributed by atoms with Crippen molar-refractivity contribution >= 4 is 29.3 Å². The van der Waals surface area contributed by atoms with E-state index in [2.05, 4.69) is 15.6 Å². The van der Waals surface area contributed by atoms with Gasteiger partial charge in [0.25, 0.3) is 5.91 Å². The molecule has 0 saturated carbocycles. The van der Waals surface area contributed by atoms with Crippen molar-refractivity contribution in [2.45, 2.75) is 18.6 Å². The Labute approximate surface area is 201 Å². The van der Waals surface area contributed by atoms with Gasteiger partial charge in [-0.1, -0.05) is 48.2 Å². The molecule has 3 aromatic carbocycles. The van der Waals surface area contributed by atoms with E-state index in [9.17, 15) is 14.0 Å². The van der Waals surface area contributed by atoms with Crippen molar-refractivity contribution in [3.05, 3.63) is 108 Å². The van der Waals surface area contributed by atoms with E-state index < -0.39 is 0 Å². The lowest BCUT2D eigenvalue weighted by Gasteiger charge is -2.11. The zero-order valence-electron chi connectivity index (χ0n) is 18.5. The van der Waals surface area contributed by atoms with Crippen LogP contribution in [0.4, 0.5) is 10.1 Å². The van der Waals surface area contributed by atoms with Gasteiger partial charge in [-0.25, -0.2) is 9.37 Å². The molecule has 0 bridgehead atoms. The van der Waals surface area contributed by atoms with E-state index in [1.54, 1.807) is 42.7 Å². The van der Waals surface area contributed by atoms with E-state index in [0.717, 1.165) is 22.5 Å². The molecule has 4 aromatic rings. The Hall–Kier alpha value is -3.91. The molecule has 4 rings (SSSR count). The number of hydrogen-bond donors (Lipinski definition) is 2. The van der Waals surface area contributed by atoms with Crippen LogP contribution in [0.3, 0.4) is 0 Å². The molecule has 2 amide bonds. The lowest BCUT2D eigenvalue weighted by molar-refractivity contribution is -0.113. The number of hydrogen-bond acceptors (Lipinski definition) is 4. The topological polar surface area (TPSA) is 76.0 Å². The Morgan fingerprint density at radius 3 is 2.62 bits per heavy atom. The Bertz CT molecular complexity index is 1300. The van der Waals surface area contributed by atoms with Gasteiger partial charge < -0.3 is 10.6 Å². The smallest absolute Gasteiger partial charge is 0.251 e. The molecule has 2 N–H and O–H groups in total. The predicted octanol–water partition coefficient (Wildman–Crippen LogP) is 4.98. The highest BCUT2D eigenvalue weighted by Gasteiger charge is 2.12. The minimum Gasteiger partial charge on any atom is -0.348 e. The van der Waals surface area contributed by atoms with Crippen molar-refractivity contribution in [1.29, 1.82) is 0 Å². The van der Waals surface area contributed by atoms with Gasteiger partial charge in [0.05, 0.1) is 5.75 Å². The Balaban J connectivity index is 1.39. The Morgan fingerprint density at radius 1 is 1.03 bits per heavy atom. The van der Waals surface area contributed by atoms with Gasteiger partial charge in [-0.3, -0.25) is 14.2 Å². The van der Waals surface area contributed by atoms with Crippen LogP contribution in [-0.2, 0) is 11.3 Å².